The maximum Gasteiger partial charge on any atom is 0.152 e. The highest BCUT2D eigenvalue weighted by Crippen LogP contribution is 2.43. The Balaban J connectivity index is 1.11. The Morgan fingerprint density at radius 3 is 2.71 bits per heavy atom. The molecule has 0 bridgehead atoms. The van der Waals surface area contributed by atoms with Gasteiger partial charge in [0.05, 0.1) is 23.8 Å². The van der Waals surface area contributed by atoms with E-state index >= 15 is 0 Å². The minimum Gasteiger partial charge on any atom is -0.353 e. The number of allylic oxidation sites excluding steroid dienone is 1. The fourth-order valence-corrected chi connectivity index (χ4v) is 7.50. The SMILES string of the molecule is C/C=C\[C@@H](C[C@@H](C)C[C@@H]1CC=CCC2NC(N[C@@H]3O[C@H]3C3CC3)CNN21)CN1CCS(=O)(=O)CC1. The summed E-state index contributed by atoms with van der Waals surface area (Å²) in [5, 5.41) is 9.96. The second kappa shape index (κ2) is 11.3. The molecule has 0 spiro atoms. The highest BCUT2D eigenvalue weighted by Gasteiger charge is 2.50. The highest BCUT2D eigenvalue weighted by molar-refractivity contribution is 7.91. The molecule has 2 unspecified atom stereocenters. The summed E-state index contributed by atoms with van der Waals surface area (Å²) in [4.78, 5) is 2.34. The Bertz CT molecular complexity index is 862. The third kappa shape index (κ3) is 7.15. The Labute approximate surface area is 211 Å². The van der Waals surface area contributed by atoms with Crippen molar-refractivity contribution in [3.05, 3.63) is 24.3 Å². The van der Waals surface area contributed by atoms with Gasteiger partial charge in [-0.3, -0.25) is 16.1 Å². The number of rotatable bonds is 10. The van der Waals surface area contributed by atoms with Gasteiger partial charge >= 0.3 is 0 Å². The van der Waals surface area contributed by atoms with Crippen molar-refractivity contribution in [3.8, 4) is 0 Å². The van der Waals surface area contributed by atoms with E-state index in [1.807, 2.05) is 0 Å². The summed E-state index contributed by atoms with van der Waals surface area (Å²) in [6.07, 6.45) is 17.4. The lowest BCUT2D eigenvalue weighted by Crippen LogP contribution is -2.69. The number of fused-ring (bicyclic) bond motifs is 1. The van der Waals surface area contributed by atoms with Gasteiger partial charge < -0.3 is 9.64 Å². The van der Waals surface area contributed by atoms with Gasteiger partial charge in [-0.05, 0) is 63.2 Å². The van der Waals surface area contributed by atoms with Crippen molar-refractivity contribution in [2.75, 3.05) is 37.7 Å². The lowest BCUT2D eigenvalue weighted by Gasteiger charge is -2.44. The van der Waals surface area contributed by atoms with Crippen molar-refractivity contribution < 1.29 is 13.2 Å². The molecular formula is C26H45N5O3S. The summed E-state index contributed by atoms with van der Waals surface area (Å²) in [6, 6.07) is 0.463. The molecule has 9 heteroatoms. The van der Waals surface area contributed by atoms with E-state index in [0.717, 1.165) is 44.7 Å². The van der Waals surface area contributed by atoms with Crippen LogP contribution in [0.3, 0.4) is 0 Å². The van der Waals surface area contributed by atoms with E-state index in [9.17, 15) is 8.42 Å². The van der Waals surface area contributed by atoms with E-state index in [2.05, 4.69) is 64.1 Å². The fraction of sp³-hybridized carbons (Fsp3) is 0.846. The van der Waals surface area contributed by atoms with Crippen LogP contribution in [0.15, 0.2) is 24.3 Å². The summed E-state index contributed by atoms with van der Waals surface area (Å²) in [5.41, 5.74) is 3.74. The quantitative estimate of drug-likeness (QED) is 0.305. The van der Waals surface area contributed by atoms with Crippen LogP contribution in [0.1, 0.15) is 52.4 Å². The molecular weight excluding hydrogens is 462 g/mol. The van der Waals surface area contributed by atoms with Gasteiger partial charge in [0, 0.05) is 32.2 Å². The van der Waals surface area contributed by atoms with Crippen LogP contribution in [-0.2, 0) is 14.6 Å². The molecule has 0 amide bonds. The van der Waals surface area contributed by atoms with Crippen LogP contribution < -0.4 is 16.1 Å². The topological polar surface area (TPSA) is 89.2 Å². The first kappa shape index (κ1) is 25.8. The average Bonchev–Trinajstić information content (AvgIpc) is 3.71. The molecule has 1 saturated carbocycles. The second-order valence-corrected chi connectivity index (χ2v) is 13.7. The third-order valence-electron chi connectivity index (χ3n) is 8.29. The van der Waals surface area contributed by atoms with Gasteiger partial charge in [0.1, 0.15) is 12.3 Å². The third-order valence-corrected chi connectivity index (χ3v) is 9.90. The van der Waals surface area contributed by atoms with Crippen LogP contribution in [0.2, 0.25) is 0 Å². The van der Waals surface area contributed by atoms with Gasteiger partial charge in [-0.1, -0.05) is 31.2 Å². The highest BCUT2D eigenvalue weighted by atomic mass is 32.2. The minimum atomic E-state index is -2.83. The van der Waals surface area contributed by atoms with E-state index in [4.69, 9.17) is 4.74 Å². The molecule has 5 aliphatic rings. The number of ether oxygens (including phenoxy) is 1. The van der Waals surface area contributed by atoms with E-state index in [1.165, 1.54) is 12.8 Å². The van der Waals surface area contributed by atoms with Crippen LogP contribution in [0.5, 0.6) is 0 Å². The molecule has 3 N–H and O–H groups in total. The maximum atomic E-state index is 11.8. The number of nitrogens with one attached hydrogen (secondary N) is 3. The Morgan fingerprint density at radius 2 is 1.97 bits per heavy atom. The Kier molecular flexibility index (Phi) is 8.33. The maximum absolute atomic E-state index is 11.8. The minimum absolute atomic E-state index is 0.231. The van der Waals surface area contributed by atoms with Crippen molar-refractivity contribution >= 4 is 9.84 Å². The number of epoxide rings is 1. The van der Waals surface area contributed by atoms with Crippen LogP contribution in [0, 0.1) is 17.8 Å². The summed E-state index contributed by atoms with van der Waals surface area (Å²) >= 11 is 0. The van der Waals surface area contributed by atoms with Crippen molar-refractivity contribution in [3.63, 3.8) is 0 Å². The molecule has 0 radical (unpaired) electrons. The molecule has 0 aromatic heterocycles. The lowest BCUT2D eigenvalue weighted by molar-refractivity contribution is -0.00479. The summed E-state index contributed by atoms with van der Waals surface area (Å²) in [5.74, 6) is 2.45. The molecule has 3 saturated heterocycles. The zero-order chi connectivity index (χ0) is 24.4. The number of sulfone groups is 1. The first-order chi connectivity index (χ1) is 16.9. The van der Waals surface area contributed by atoms with E-state index in [0.29, 0.717) is 48.6 Å². The molecule has 35 heavy (non-hydrogen) atoms. The largest absolute Gasteiger partial charge is 0.353 e. The predicted octanol–water partition coefficient (Wildman–Crippen LogP) is 1.83. The van der Waals surface area contributed by atoms with Crippen molar-refractivity contribution in [1.29, 1.82) is 0 Å². The smallest absolute Gasteiger partial charge is 0.152 e. The number of hydrazine groups is 1. The van der Waals surface area contributed by atoms with Crippen molar-refractivity contribution in [2.24, 2.45) is 17.8 Å². The molecule has 0 aromatic carbocycles. The van der Waals surface area contributed by atoms with Gasteiger partial charge in [-0.25, -0.2) is 13.4 Å². The monoisotopic (exact) mass is 507 g/mol. The molecule has 1 aliphatic carbocycles. The summed E-state index contributed by atoms with van der Waals surface area (Å²) in [6.45, 7) is 7.64. The molecule has 198 valence electrons. The lowest BCUT2D eigenvalue weighted by atomic mass is 9.89. The molecule has 5 rings (SSSR count). The van der Waals surface area contributed by atoms with E-state index in [1.54, 1.807) is 0 Å². The number of nitrogens with zero attached hydrogens (tertiary/aromatic N) is 2. The van der Waals surface area contributed by atoms with Gasteiger partial charge in [-0.15, -0.1) is 0 Å². The van der Waals surface area contributed by atoms with Gasteiger partial charge in [0.25, 0.3) is 0 Å². The average molecular weight is 508 g/mol. The van der Waals surface area contributed by atoms with Crippen LogP contribution in [-0.4, -0.2) is 86.7 Å². The molecule has 7 atom stereocenters. The molecule has 4 fully saturated rings. The molecule has 4 heterocycles. The first-order valence-corrected chi connectivity index (χ1v) is 15.6. The van der Waals surface area contributed by atoms with Crippen LogP contribution in [0.4, 0.5) is 0 Å². The molecule has 4 aliphatic heterocycles. The summed E-state index contributed by atoms with van der Waals surface area (Å²) < 4.78 is 29.4. The van der Waals surface area contributed by atoms with Gasteiger partial charge in [-0.2, -0.15) is 0 Å². The summed E-state index contributed by atoms with van der Waals surface area (Å²) in [7, 11) is -2.83. The van der Waals surface area contributed by atoms with Crippen molar-refractivity contribution in [2.45, 2.75) is 83.1 Å². The second-order valence-electron chi connectivity index (χ2n) is 11.4. The zero-order valence-corrected chi connectivity index (χ0v) is 22.3. The standard InChI is InChI=1S/C26H45N5O3S/c1-3-6-20(18-30-11-13-35(32,33)14-12-30)15-19(2)16-22-7-4-5-8-24-28-23(17-27-31(22)24)29-26-25(34-26)21-9-10-21/h3-6,19-29H,7-18H2,1-2H3/b6-3-/t19-,20+,22+,23?,24?,25+,26-/m1/s1. The molecule has 0 aromatic rings. The van der Waals surface area contributed by atoms with Gasteiger partial charge in [0.15, 0.2) is 9.84 Å². The van der Waals surface area contributed by atoms with E-state index < -0.39 is 9.84 Å². The van der Waals surface area contributed by atoms with Gasteiger partial charge in [0.2, 0.25) is 0 Å². The van der Waals surface area contributed by atoms with Crippen molar-refractivity contribution in [1.82, 2.24) is 26.0 Å². The number of hydrogen-bond donors (Lipinski definition) is 3. The fourth-order valence-electron chi connectivity index (χ4n) is 6.22. The first-order valence-electron chi connectivity index (χ1n) is 13.8. The number of hydrogen-bond acceptors (Lipinski definition) is 8. The Morgan fingerprint density at radius 1 is 1.20 bits per heavy atom. The zero-order valence-electron chi connectivity index (χ0n) is 21.4. The molecule has 8 nitrogen and oxygen atoms in total. The normalized spacial score (nSPS) is 37.6. The van der Waals surface area contributed by atoms with Crippen LogP contribution >= 0.6 is 0 Å². The van der Waals surface area contributed by atoms with Crippen LogP contribution in [0.25, 0.3) is 0 Å². The predicted molar refractivity (Wildman–Crippen MR) is 139 cm³/mol. The Hall–Kier alpha value is -0.810. The van der Waals surface area contributed by atoms with E-state index in [-0.39, 0.29) is 18.6 Å².